The van der Waals surface area contributed by atoms with E-state index in [0.29, 0.717) is 5.75 Å². The van der Waals surface area contributed by atoms with Crippen molar-refractivity contribution >= 4 is 15.7 Å². The molecule has 6 nitrogen and oxygen atoms in total. The van der Waals surface area contributed by atoms with E-state index in [0.717, 1.165) is 19.3 Å². The van der Waals surface area contributed by atoms with Gasteiger partial charge in [0, 0.05) is 6.07 Å². The van der Waals surface area contributed by atoms with Crippen LogP contribution < -0.4 is 15.2 Å². The van der Waals surface area contributed by atoms with Crippen LogP contribution in [0.4, 0.5) is 5.69 Å². The van der Waals surface area contributed by atoms with Gasteiger partial charge in [0.1, 0.15) is 10.6 Å². The monoisotopic (exact) mass is 298 g/mol. The number of methoxy groups -OCH3 is 1. The number of fused-ring (bicyclic) bond motifs is 2. The number of nitrogen functional groups attached to an aromatic ring is 1. The van der Waals surface area contributed by atoms with Gasteiger partial charge in [0.2, 0.25) is 10.0 Å². The molecule has 0 radical (unpaired) electrons. The largest absolute Gasteiger partial charge is 0.497 e. The van der Waals surface area contributed by atoms with E-state index in [1.165, 1.54) is 19.2 Å². The van der Waals surface area contributed by atoms with Gasteiger partial charge in [-0.1, -0.05) is 0 Å². The Morgan fingerprint density at radius 1 is 1.40 bits per heavy atom. The van der Waals surface area contributed by atoms with Crippen molar-refractivity contribution in [3.8, 4) is 5.75 Å². The molecule has 2 aliphatic heterocycles. The first-order valence-corrected chi connectivity index (χ1v) is 8.09. The van der Waals surface area contributed by atoms with Gasteiger partial charge in [-0.15, -0.1) is 0 Å². The summed E-state index contributed by atoms with van der Waals surface area (Å²) in [4.78, 5) is 0.0843. The predicted octanol–water partition coefficient (Wildman–Crippen LogP) is 0.876. The SMILES string of the molecule is COc1ccc(S(=O)(=O)NC2CC3CCC2O3)c(N)c1. The molecule has 0 aliphatic carbocycles. The third-order valence-corrected chi connectivity index (χ3v) is 5.48. The van der Waals surface area contributed by atoms with Gasteiger partial charge in [-0.2, -0.15) is 0 Å². The van der Waals surface area contributed by atoms with E-state index in [1.807, 2.05) is 0 Å². The van der Waals surface area contributed by atoms with Crippen LogP contribution in [0.3, 0.4) is 0 Å². The van der Waals surface area contributed by atoms with Crippen molar-refractivity contribution in [2.75, 3.05) is 12.8 Å². The fraction of sp³-hybridized carbons (Fsp3) is 0.538. The minimum atomic E-state index is -3.63. The lowest BCUT2D eigenvalue weighted by atomic mass is 9.96. The van der Waals surface area contributed by atoms with Gasteiger partial charge in [0.25, 0.3) is 0 Å². The highest BCUT2D eigenvalue weighted by Gasteiger charge is 2.42. The van der Waals surface area contributed by atoms with Crippen molar-refractivity contribution in [3.63, 3.8) is 0 Å². The van der Waals surface area contributed by atoms with Crippen LogP contribution >= 0.6 is 0 Å². The molecule has 2 heterocycles. The summed E-state index contributed by atoms with van der Waals surface area (Å²) in [5, 5.41) is 0. The summed E-state index contributed by atoms with van der Waals surface area (Å²) in [7, 11) is -2.12. The molecule has 3 unspecified atom stereocenters. The van der Waals surface area contributed by atoms with E-state index in [1.54, 1.807) is 6.07 Å². The highest BCUT2D eigenvalue weighted by Crippen LogP contribution is 2.35. The second kappa shape index (κ2) is 4.91. The zero-order valence-electron chi connectivity index (χ0n) is 11.2. The number of benzene rings is 1. The lowest BCUT2D eigenvalue weighted by Crippen LogP contribution is -2.41. The molecular weight excluding hydrogens is 280 g/mol. The predicted molar refractivity (Wildman–Crippen MR) is 74.0 cm³/mol. The molecule has 0 aromatic heterocycles. The van der Waals surface area contributed by atoms with Crippen LogP contribution in [0.2, 0.25) is 0 Å². The third-order valence-electron chi connectivity index (χ3n) is 3.92. The second-order valence-corrected chi connectivity index (χ2v) is 6.92. The fourth-order valence-electron chi connectivity index (χ4n) is 2.92. The number of ether oxygens (including phenoxy) is 2. The number of sulfonamides is 1. The highest BCUT2D eigenvalue weighted by atomic mass is 32.2. The molecule has 0 amide bonds. The van der Waals surface area contributed by atoms with Gasteiger partial charge >= 0.3 is 0 Å². The second-order valence-electron chi connectivity index (χ2n) is 5.24. The molecule has 3 atom stereocenters. The summed E-state index contributed by atoms with van der Waals surface area (Å²) in [6.45, 7) is 0. The smallest absolute Gasteiger partial charge is 0.242 e. The minimum absolute atomic E-state index is 0.00533. The lowest BCUT2D eigenvalue weighted by Gasteiger charge is -2.20. The maximum Gasteiger partial charge on any atom is 0.242 e. The summed E-state index contributed by atoms with van der Waals surface area (Å²) < 4.78 is 38.2. The van der Waals surface area contributed by atoms with Crippen LogP contribution in [-0.2, 0) is 14.8 Å². The van der Waals surface area contributed by atoms with Crippen LogP contribution in [0.5, 0.6) is 5.75 Å². The van der Waals surface area contributed by atoms with Crippen LogP contribution in [0.25, 0.3) is 0 Å². The number of anilines is 1. The normalized spacial score (nSPS) is 28.8. The first-order valence-electron chi connectivity index (χ1n) is 6.61. The van der Waals surface area contributed by atoms with Gasteiger partial charge in [0.05, 0.1) is 31.0 Å². The lowest BCUT2D eigenvalue weighted by molar-refractivity contribution is 0.0996. The zero-order valence-corrected chi connectivity index (χ0v) is 12.0. The molecule has 3 rings (SSSR count). The van der Waals surface area contributed by atoms with Crippen LogP contribution in [-0.4, -0.2) is 33.8 Å². The Morgan fingerprint density at radius 2 is 2.20 bits per heavy atom. The van der Waals surface area contributed by atoms with Gasteiger partial charge in [-0.05, 0) is 31.4 Å². The van der Waals surface area contributed by atoms with E-state index >= 15 is 0 Å². The summed E-state index contributed by atoms with van der Waals surface area (Å²) in [6, 6.07) is 4.40. The number of nitrogens with two attached hydrogens (primary N) is 1. The van der Waals surface area contributed by atoms with Crippen molar-refractivity contribution < 1.29 is 17.9 Å². The topological polar surface area (TPSA) is 90.7 Å². The van der Waals surface area contributed by atoms with Gasteiger partial charge in [-0.3, -0.25) is 0 Å². The van der Waals surface area contributed by atoms with Crippen LogP contribution in [0.1, 0.15) is 19.3 Å². The average molecular weight is 298 g/mol. The molecule has 0 spiro atoms. The molecule has 2 bridgehead atoms. The number of hydrogen-bond donors (Lipinski definition) is 2. The maximum atomic E-state index is 12.4. The van der Waals surface area contributed by atoms with Crippen molar-refractivity contribution in [2.45, 2.75) is 42.4 Å². The van der Waals surface area contributed by atoms with Gasteiger partial charge < -0.3 is 15.2 Å². The molecule has 1 aromatic rings. The summed E-state index contributed by atoms with van der Waals surface area (Å²) in [5.74, 6) is 0.532. The van der Waals surface area contributed by atoms with E-state index in [9.17, 15) is 8.42 Å². The molecule has 20 heavy (non-hydrogen) atoms. The van der Waals surface area contributed by atoms with E-state index in [4.69, 9.17) is 15.2 Å². The van der Waals surface area contributed by atoms with Crippen LogP contribution in [0, 0.1) is 0 Å². The van der Waals surface area contributed by atoms with Gasteiger partial charge in [0.15, 0.2) is 0 Å². The zero-order chi connectivity index (χ0) is 14.3. The quantitative estimate of drug-likeness (QED) is 0.805. The van der Waals surface area contributed by atoms with Crippen molar-refractivity contribution in [3.05, 3.63) is 18.2 Å². The highest BCUT2D eigenvalue weighted by molar-refractivity contribution is 7.89. The third kappa shape index (κ3) is 2.36. The average Bonchev–Trinajstić information content (AvgIpc) is 2.99. The van der Waals surface area contributed by atoms with Gasteiger partial charge in [-0.25, -0.2) is 13.1 Å². The Balaban J connectivity index is 1.81. The Morgan fingerprint density at radius 3 is 2.75 bits per heavy atom. The van der Waals surface area contributed by atoms with Crippen molar-refractivity contribution in [2.24, 2.45) is 0 Å². The summed E-state index contributed by atoms with van der Waals surface area (Å²) >= 11 is 0. The molecule has 7 heteroatoms. The van der Waals surface area contributed by atoms with Crippen molar-refractivity contribution in [1.29, 1.82) is 0 Å². The van der Waals surface area contributed by atoms with E-state index in [2.05, 4.69) is 4.72 Å². The molecule has 2 saturated heterocycles. The molecule has 0 saturated carbocycles. The van der Waals surface area contributed by atoms with E-state index in [-0.39, 0.29) is 28.8 Å². The number of nitrogens with one attached hydrogen (secondary N) is 1. The van der Waals surface area contributed by atoms with Crippen LogP contribution in [0.15, 0.2) is 23.1 Å². The molecular formula is C13H18N2O4S. The first kappa shape index (κ1) is 13.7. The molecule has 110 valence electrons. The first-order chi connectivity index (χ1) is 9.49. The summed E-state index contributed by atoms with van der Waals surface area (Å²) in [6.07, 6.45) is 2.86. The fourth-order valence-corrected chi connectivity index (χ4v) is 4.31. The maximum absolute atomic E-state index is 12.4. The molecule has 2 fully saturated rings. The van der Waals surface area contributed by atoms with E-state index < -0.39 is 10.0 Å². The standard InChI is InChI=1S/C13H18N2O4S/c1-18-8-3-5-13(10(14)6-8)20(16,17)15-11-7-9-2-4-12(11)19-9/h3,5-6,9,11-12,15H,2,4,7,14H2,1H3. The Kier molecular flexibility index (Phi) is 3.35. The Bertz CT molecular complexity index is 617. The summed E-state index contributed by atoms with van der Waals surface area (Å²) in [5.41, 5.74) is 5.98. The molecule has 2 aliphatic rings. The van der Waals surface area contributed by atoms with Crippen molar-refractivity contribution in [1.82, 2.24) is 4.72 Å². The molecule has 3 N–H and O–H groups in total. The minimum Gasteiger partial charge on any atom is -0.497 e. The number of rotatable bonds is 4. The Labute approximate surface area is 118 Å². The number of hydrogen-bond acceptors (Lipinski definition) is 5. The Hall–Kier alpha value is -1.31. The molecule has 1 aromatic carbocycles.